The number of esters is 2. The molecule has 9 heteroatoms. The maximum absolute atomic E-state index is 13.6. The Labute approximate surface area is 145 Å². The van der Waals surface area contributed by atoms with Crippen LogP contribution >= 0.6 is 0 Å². The summed E-state index contributed by atoms with van der Waals surface area (Å²) in [6, 6.07) is 0. The minimum absolute atomic E-state index is 0.398. The summed E-state index contributed by atoms with van der Waals surface area (Å²) in [5, 5.41) is 0. The van der Waals surface area contributed by atoms with Crippen molar-refractivity contribution in [2.24, 2.45) is 17.3 Å². The molecule has 1 aliphatic rings. The van der Waals surface area contributed by atoms with Crippen LogP contribution in [0.4, 0.5) is 22.0 Å². The van der Waals surface area contributed by atoms with E-state index in [-0.39, 0.29) is 0 Å². The van der Waals surface area contributed by atoms with Crippen molar-refractivity contribution in [2.75, 3.05) is 7.11 Å². The van der Waals surface area contributed by atoms with Crippen LogP contribution in [0, 0.1) is 46.3 Å². The van der Waals surface area contributed by atoms with Crippen LogP contribution in [0.15, 0.2) is 12.2 Å². The zero-order valence-corrected chi connectivity index (χ0v) is 14.0. The van der Waals surface area contributed by atoms with Crippen molar-refractivity contribution < 1.29 is 41.0 Å². The SMILES string of the molecule is COC(=O)C=CC1C(C(=O)OCc2c(F)c(F)c(F)c(F)c2F)C1(C)C. The van der Waals surface area contributed by atoms with Gasteiger partial charge in [0.25, 0.3) is 0 Å². The van der Waals surface area contributed by atoms with Gasteiger partial charge in [-0.1, -0.05) is 19.9 Å². The second-order valence-electron chi connectivity index (χ2n) is 6.36. The fourth-order valence-electron chi connectivity index (χ4n) is 2.75. The van der Waals surface area contributed by atoms with E-state index in [1.54, 1.807) is 13.8 Å². The summed E-state index contributed by atoms with van der Waals surface area (Å²) >= 11 is 0. The third kappa shape index (κ3) is 3.42. The summed E-state index contributed by atoms with van der Waals surface area (Å²) in [5.41, 5.74) is -1.83. The van der Waals surface area contributed by atoms with Crippen LogP contribution in [0.3, 0.4) is 0 Å². The molecule has 0 aliphatic heterocycles. The Kier molecular flexibility index (Phi) is 5.39. The number of carbonyl (C=O) groups excluding carboxylic acids is 2. The van der Waals surface area contributed by atoms with Gasteiger partial charge in [0.05, 0.1) is 18.6 Å². The first kappa shape index (κ1) is 19.9. The molecular weight excluding hydrogens is 363 g/mol. The second-order valence-corrected chi connectivity index (χ2v) is 6.36. The van der Waals surface area contributed by atoms with Crippen LogP contribution in [-0.4, -0.2) is 19.0 Å². The van der Waals surface area contributed by atoms with E-state index in [1.807, 2.05) is 0 Å². The molecule has 1 aromatic rings. The number of methoxy groups -OCH3 is 1. The molecule has 2 rings (SSSR count). The first-order valence-corrected chi connectivity index (χ1v) is 7.47. The van der Waals surface area contributed by atoms with E-state index < -0.39 is 70.4 Å². The Morgan fingerprint density at radius 3 is 2.00 bits per heavy atom. The number of rotatable bonds is 5. The highest BCUT2D eigenvalue weighted by Crippen LogP contribution is 2.59. The predicted octanol–water partition coefficient (Wildman–Crippen LogP) is 3.43. The smallest absolute Gasteiger partial charge is 0.330 e. The average molecular weight is 378 g/mol. The minimum Gasteiger partial charge on any atom is -0.466 e. The zero-order valence-electron chi connectivity index (χ0n) is 14.0. The molecule has 1 saturated carbocycles. The lowest BCUT2D eigenvalue weighted by Gasteiger charge is -2.09. The number of benzene rings is 1. The largest absolute Gasteiger partial charge is 0.466 e. The molecule has 0 bridgehead atoms. The van der Waals surface area contributed by atoms with Gasteiger partial charge >= 0.3 is 11.9 Å². The second kappa shape index (κ2) is 7.05. The lowest BCUT2D eigenvalue weighted by Crippen LogP contribution is -2.14. The van der Waals surface area contributed by atoms with Gasteiger partial charge in [-0.3, -0.25) is 4.79 Å². The van der Waals surface area contributed by atoms with Crippen molar-refractivity contribution in [3.8, 4) is 0 Å². The third-order valence-electron chi connectivity index (χ3n) is 4.46. The molecule has 0 spiro atoms. The maximum Gasteiger partial charge on any atom is 0.330 e. The normalized spacial score (nSPS) is 20.9. The van der Waals surface area contributed by atoms with E-state index >= 15 is 0 Å². The molecule has 2 atom stereocenters. The average Bonchev–Trinajstić information content (AvgIpc) is 3.16. The number of ether oxygens (including phenoxy) is 2. The van der Waals surface area contributed by atoms with Gasteiger partial charge in [-0.2, -0.15) is 0 Å². The molecule has 0 saturated heterocycles. The molecule has 0 N–H and O–H groups in total. The quantitative estimate of drug-likeness (QED) is 0.259. The first-order valence-electron chi connectivity index (χ1n) is 7.47. The molecule has 0 amide bonds. The summed E-state index contributed by atoms with van der Waals surface area (Å²) < 4.78 is 75.6. The van der Waals surface area contributed by atoms with Gasteiger partial charge in [-0.05, 0) is 11.3 Å². The van der Waals surface area contributed by atoms with Crippen molar-refractivity contribution in [1.29, 1.82) is 0 Å². The lowest BCUT2D eigenvalue weighted by atomic mass is 10.1. The molecule has 0 heterocycles. The van der Waals surface area contributed by atoms with Gasteiger partial charge in [0.1, 0.15) is 6.61 Å². The summed E-state index contributed by atoms with van der Waals surface area (Å²) in [6.45, 7) is 2.29. The summed E-state index contributed by atoms with van der Waals surface area (Å²) in [5.74, 6) is -13.2. The predicted molar refractivity (Wildman–Crippen MR) is 77.9 cm³/mol. The van der Waals surface area contributed by atoms with Crippen LogP contribution < -0.4 is 0 Å². The molecule has 142 valence electrons. The van der Waals surface area contributed by atoms with E-state index in [1.165, 1.54) is 13.2 Å². The van der Waals surface area contributed by atoms with E-state index in [0.717, 1.165) is 6.08 Å². The van der Waals surface area contributed by atoms with Crippen molar-refractivity contribution >= 4 is 11.9 Å². The van der Waals surface area contributed by atoms with Gasteiger partial charge in [0.2, 0.25) is 5.82 Å². The Bertz CT molecular complexity index is 759. The number of allylic oxidation sites excluding steroid dienone is 1. The molecular formula is C17H15F5O4. The third-order valence-corrected chi connectivity index (χ3v) is 4.46. The molecule has 26 heavy (non-hydrogen) atoms. The molecule has 0 radical (unpaired) electrons. The lowest BCUT2D eigenvalue weighted by molar-refractivity contribution is -0.147. The van der Waals surface area contributed by atoms with Crippen LogP contribution in [0.1, 0.15) is 19.4 Å². The monoisotopic (exact) mass is 378 g/mol. The molecule has 0 aromatic heterocycles. The molecule has 1 aromatic carbocycles. The van der Waals surface area contributed by atoms with Gasteiger partial charge in [-0.15, -0.1) is 0 Å². The van der Waals surface area contributed by atoms with Gasteiger partial charge in [-0.25, -0.2) is 26.7 Å². The Hall–Kier alpha value is -2.45. The van der Waals surface area contributed by atoms with Crippen molar-refractivity contribution in [1.82, 2.24) is 0 Å². The number of hydrogen-bond donors (Lipinski definition) is 0. The number of hydrogen-bond acceptors (Lipinski definition) is 4. The van der Waals surface area contributed by atoms with E-state index in [2.05, 4.69) is 4.74 Å². The molecule has 4 nitrogen and oxygen atoms in total. The Morgan fingerprint density at radius 2 is 1.50 bits per heavy atom. The van der Waals surface area contributed by atoms with Gasteiger partial charge in [0.15, 0.2) is 23.3 Å². The topological polar surface area (TPSA) is 52.6 Å². The van der Waals surface area contributed by atoms with Gasteiger partial charge in [0, 0.05) is 6.08 Å². The van der Waals surface area contributed by atoms with E-state index in [4.69, 9.17) is 4.74 Å². The zero-order chi connectivity index (χ0) is 19.8. The summed E-state index contributed by atoms with van der Waals surface area (Å²) in [6.07, 6.45) is 2.57. The fourth-order valence-corrected chi connectivity index (χ4v) is 2.75. The highest BCUT2D eigenvalue weighted by atomic mass is 19.2. The standard InChI is InChI=1S/C17H15F5O4/c1-17(2)8(4-5-9(23)25-3)10(17)16(24)26-6-7-11(18)13(20)15(22)14(21)12(7)19/h4-5,8,10H,6H2,1-3H3. The Balaban J connectivity index is 2.11. The highest BCUT2D eigenvalue weighted by molar-refractivity contribution is 5.83. The number of halogens is 5. The summed E-state index contributed by atoms with van der Waals surface area (Å²) in [7, 11) is 1.18. The first-order chi connectivity index (χ1) is 12.0. The maximum atomic E-state index is 13.6. The van der Waals surface area contributed by atoms with Crippen molar-refractivity contribution in [3.63, 3.8) is 0 Å². The Morgan fingerprint density at radius 1 is 1.00 bits per heavy atom. The summed E-state index contributed by atoms with van der Waals surface area (Å²) in [4.78, 5) is 23.2. The van der Waals surface area contributed by atoms with E-state index in [9.17, 15) is 31.5 Å². The van der Waals surface area contributed by atoms with Gasteiger partial charge < -0.3 is 9.47 Å². The fraction of sp³-hybridized carbons (Fsp3) is 0.412. The number of carbonyl (C=O) groups is 2. The molecule has 1 fully saturated rings. The van der Waals surface area contributed by atoms with Crippen LogP contribution in [0.2, 0.25) is 0 Å². The van der Waals surface area contributed by atoms with E-state index in [0.29, 0.717) is 0 Å². The van der Waals surface area contributed by atoms with Crippen LogP contribution in [-0.2, 0) is 25.7 Å². The highest BCUT2D eigenvalue weighted by Gasteiger charge is 2.61. The van der Waals surface area contributed by atoms with Crippen LogP contribution in [0.25, 0.3) is 0 Å². The molecule has 2 unspecified atom stereocenters. The van der Waals surface area contributed by atoms with Crippen molar-refractivity contribution in [2.45, 2.75) is 20.5 Å². The van der Waals surface area contributed by atoms with Crippen LogP contribution in [0.5, 0.6) is 0 Å². The minimum atomic E-state index is -2.29. The molecule has 1 aliphatic carbocycles. The van der Waals surface area contributed by atoms with Crippen molar-refractivity contribution in [3.05, 3.63) is 46.8 Å².